The number of fused-ring (bicyclic) bond motifs is 2. The Hall–Kier alpha value is -1.20. The van der Waals surface area contributed by atoms with Gasteiger partial charge in [-0.2, -0.15) is 0 Å². The van der Waals surface area contributed by atoms with E-state index in [1.165, 1.54) is 0 Å². The molecule has 2 rings (SSSR count). The number of aliphatic hydroxyl groups is 1. The summed E-state index contributed by atoms with van der Waals surface area (Å²) >= 11 is 0. The van der Waals surface area contributed by atoms with E-state index in [2.05, 4.69) is 20.4 Å². The van der Waals surface area contributed by atoms with Crippen LogP contribution in [0.15, 0.2) is 12.2 Å². The van der Waals surface area contributed by atoms with Crippen molar-refractivity contribution < 1.29 is 24.2 Å². The van der Waals surface area contributed by atoms with Gasteiger partial charge in [0.2, 0.25) is 0 Å². The van der Waals surface area contributed by atoms with E-state index in [1.807, 2.05) is 13.8 Å². The number of Topliss-reactive ketones (excluding diaryl/α,β-unsaturated/α-hetero) is 1. The fraction of sp³-hybridized carbons (Fsp3) is 0.840. The molecule has 0 radical (unpaired) electrons. The molecule has 0 aromatic carbocycles. The smallest absolute Gasteiger partial charge is 0.308 e. The lowest BCUT2D eigenvalue weighted by Gasteiger charge is -2.24. The Balaban J connectivity index is 2.09. The Morgan fingerprint density at radius 2 is 1.73 bits per heavy atom. The Labute approximate surface area is 182 Å². The van der Waals surface area contributed by atoms with E-state index in [9.17, 15) is 14.7 Å². The van der Waals surface area contributed by atoms with Crippen LogP contribution in [0.1, 0.15) is 91.9 Å². The Kier molecular flexibility index (Phi) is 10.0. The molecule has 1 N–H and O–H groups in total. The monoisotopic (exact) mass is 422 g/mol. The first kappa shape index (κ1) is 25.1. The van der Waals surface area contributed by atoms with Crippen LogP contribution in [0.3, 0.4) is 0 Å². The summed E-state index contributed by atoms with van der Waals surface area (Å²) in [4.78, 5) is 25.2. The van der Waals surface area contributed by atoms with E-state index in [4.69, 9.17) is 9.47 Å². The topological polar surface area (TPSA) is 72.8 Å². The van der Waals surface area contributed by atoms with E-state index in [0.717, 1.165) is 50.5 Å². The summed E-state index contributed by atoms with van der Waals surface area (Å²) in [5.41, 5.74) is 0.917. The minimum absolute atomic E-state index is 0.0933. The van der Waals surface area contributed by atoms with Crippen molar-refractivity contribution in [1.29, 1.82) is 0 Å². The van der Waals surface area contributed by atoms with Gasteiger partial charge in [-0.1, -0.05) is 59.1 Å². The summed E-state index contributed by atoms with van der Waals surface area (Å²) in [5, 5.41) is 10.6. The molecule has 2 aliphatic heterocycles. The minimum Gasteiger partial charge on any atom is -0.462 e. The number of ether oxygens (including phenoxy) is 2. The predicted molar refractivity (Wildman–Crippen MR) is 118 cm³/mol. The summed E-state index contributed by atoms with van der Waals surface area (Å²) in [6.07, 6.45) is 6.63. The van der Waals surface area contributed by atoms with Crippen molar-refractivity contribution in [1.82, 2.24) is 0 Å². The third kappa shape index (κ3) is 7.49. The van der Waals surface area contributed by atoms with Crippen molar-refractivity contribution in [2.45, 2.75) is 116 Å². The number of aliphatic hydroxyl groups excluding tert-OH is 1. The molecular formula is C25H42O5. The number of esters is 1. The fourth-order valence-electron chi connectivity index (χ4n) is 4.84. The third-order valence-corrected chi connectivity index (χ3v) is 6.73. The summed E-state index contributed by atoms with van der Waals surface area (Å²) in [6, 6.07) is 0. The largest absolute Gasteiger partial charge is 0.462 e. The SMILES string of the molecule is C=C1CC(CCC)OC(=O)[C@@H](C)CCCC[C@@H]2O[C@@H](CC(=O)[C@@H](O)[C@H](C)C1)C[C@@H]2C. The molecule has 0 aromatic rings. The molecule has 0 aliphatic carbocycles. The molecule has 5 heteroatoms. The van der Waals surface area contributed by atoms with Crippen LogP contribution >= 0.6 is 0 Å². The highest BCUT2D eigenvalue weighted by molar-refractivity contribution is 5.83. The van der Waals surface area contributed by atoms with E-state index in [1.54, 1.807) is 0 Å². The quantitative estimate of drug-likeness (QED) is 0.501. The van der Waals surface area contributed by atoms with Crippen molar-refractivity contribution >= 4 is 11.8 Å². The molecular weight excluding hydrogens is 380 g/mol. The zero-order valence-electron chi connectivity index (χ0n) is 19.4. The second kappa shape index (κ2) is 12.0. The van der Waals surface area contributed by atoms with Crippen LogP contribution in [0.4, 0.5) is 0 Å². The lowest BCUT2D eigenvalue weighted by Crippen LogP contribution is -2.31. The molecule has 0 spiro atoms. The number of hydrogen-bond donors (Lipinski definition) is 1. The Morgan fingerprint density at radius 1 is 1.03 bits per heavy atom. The number of carbonyl (C=O) groups excluding carboxylic acids is 2. The lowest BCUT2D eigenvalue weighted by molar-refractivity contribution is -0.154. The summed E-state index contributed by atoms with van der Waals surface area (Å²) in [7, 11) is 0. The van der Waals surface area contributed by atoms with Crippen LogP contribution in [0.2, 0.25) is 0 Å². The molecule has 2 saturated heterocycles. The van der Waals surface area contributed by atoms with Crippen molar-refractivity contribution in [3.63, 3.8) is 0 Å². The van der Waals surface area contributed by atoms with Crippen LogP contribution in [0.25, 0.3) is 0 Å². The molecule has 2 bridgehead atoms. The first-order valence-corrected chi connectivity index (χ1v) is 11.9. The van der Waals surface area contributed by atoms with Gasteiger partial charge >= 0.3 is 5.97 Å². The van der Waals surface area contributed by atoms with Gasteiger partial charge in [-0.05, 0) is 43.9 Å². The van der Waals surface area contributed by atoms with E-state index < -0.39 is 6.10 Å². The van der Waals surface area contributed by atoms with E-state index in [-0.39, 0.29) is 48.3 Å². The molecule has 30 heavy (non-hydrogen) atoms. The summed E-state index contributed by atoms with van der Waals surface area (Å²) in [6.45, 7) is 12.2. The van der Waals surface area contributed by atoms with Crippen molar-refractivity contribution in [2.75, 3.05) is 0 Å². The molecule has 172 valence electrons. The molecule has 5 nitrogen and oxygen atoms in total. The minimum atomic E-state index is -1.01. The molecule has 0 aromatic heterocycles. The molecule has 0 saturated carbocycles. The van der Waals surface area contributed by atoms with Crippen molar-refractivity contribution in [2.24, 2.45) is 17.8 Å². The van der Waals surface area contributed by atoms with Gasteiger partial charge in [0.05, 0.1) is 18.1 Å². The van der Waals surface area contributed by atoms with Crippen molar-refractivity contribution in [3.05, 3.63) is 12.2 Å². The standard InChI is InChI=1S/C25H42O5/c1-6-9-20-13-16(2)12-19(5)24(27)22(26)15-21-14-18(4)23(29-21)11-8-7-10-17(3)25(28)30-20/h17-21,23-24,27H,2,6-15H2,1,3-5H3/t17-,18-,19+,20?,21+,23-,24-/m0/s1. The van der Waals surface area contributed by atoms with Gasteiger partial charge in [0.15, 0.2) is 5.78 Å². The van der Waals surface area contributed by atoms with Crippen LogP contribution in [-0.2, 0) is 19.1 Å². The third-order valence-electron chi connectivity index (χ3n) is 6.73. The van der Waals surface area contributed by atoms with Gasteiger partial charge in [0.25, 0.3) is 0 Å². The van der Waals surface area contributed by atoms with Crippen LogP contribution in [0, 0.1) is 17.8 Å². The zero-order chi connectivity index (χ0) is 22.3. The number of cyclic esters (lactones) is 1. The normalized spacial score (nSPS) is 38.0. The van der Waals surface area contributed by atoms with E-state index >= 15 is 0 Å². The summed E-state index contributed by atoms with van der Waals surface area (Å²) in [5.74, 6) is -0.174. The lowest BCUT2D eigenvalue weighted by atomic mass is 9.89. The highest BCUT2D eigenvalue weighted by Gasteiger charge is 2.35. The van der Waals surface area contributed by atoms with Gasteiger partial charge in [0, 0.05) is 12.8 Å². The van der Waals surface area contributed by atoms with Gasteiger partial charge in [0.1, 0.15) is 12.2 Å². The van der Waals surface area contributed by atoms with Crippen LogP contribution < -0.4 is 0 Å². The van der Waals surface area contributed by atoms with Crippen LogP contribution in [-0.4, -0.2) is 41.3 Å². The van der Waals surface area contributed by atoms with Gasteiger partial charge in [-0.25, -0.2) is 0 Å². The zero-order valence-corrected chi connectivity index (χ0v) is 19.4. The second-order valence-electron chi connectivity index (χ2n) is 9.79. The predicted octanol–water partition coefficient (Wildman–Crippen LogP) is 4.99. The Bertz CT molecular complexity index is 586. The summed E-state index contributed by atoms with van der Waals surface area (Å²) < 4.78 is 12.0. The molecule has 2 fully saturated rings. The van der Waals surface area contributed by atoms with Crippen molar-refractivity contribution in [3.8, 4) is 0 Å². The van der Waals surface area contributed by atoms with Gasteiger partial charge in [-0.3, -0.25) is 9.59 Å². The second-order valence-corrected chi connectivity index (χ2v) is 9.79. The number of hydrogen-bond acceptors (Lipinski definition) is 5. The Morgan fingerprint density at radius 3 is 2.43 bits per heavy atom. The maximum absolute atomic E-state index is 12.6. The van der Waals surface area contributed by atoms with E-state index in [0.29, 0.717) is 18.8 Å². The molecule has 2 aliphatic rings. The number of carbonyl (C=O) groups is 2. The van der Waals surface area contributed by atoms with Gasteiger partial charge < -0.3 is 14.6 Å². The average molecular weight is 423 g/mol. The first-order chi connectivity index (χ1) is 14.2. The average Bonchev–Trinajstić information content (AvgIpc) is 3.02. The van der Waals surface area contributed by atoms with Crippen LogP contribution in [0.5, 0.6) is 0 Å². The highest BCUT2D eigenvalue weighted by atomic mass is 16.5. The maximum Gasteiger partial charge on any atom is 0.308 e. The number of rotatable bonds is 2. The molecule has 7 atom stereocenters. The highest BCUT2D eigenvalue weighted by Crippen LogP contribution is 2.32. The molecule has 0 amide bonds. The number of ketones is 1. The fourth-order valence-corrected chi connectivity index (χ4v) is 4.84. The molecule has 2 heterocycles. The first-order valence-electron chi connectivity index (χ1n) is 11.9. The van der Waals surface area contributed by atoms with Gasteiger partial charge in [-0.15, -0.1) is 0 Å². The maximum atomic E-state index is 12.6. The molecule has 1 unspecified atom stereocenters.